The number of pyridine rings is 1. The lowest BCUT2D eigenvalue weighted by Crippen LogP contribution is -2.21. The zero-order chi connectivity index (χ0) is 12.1. The first-order chi connectivity index (χ1) is 8.25. The van der Waals surface area contributed by atoms with Crippen LogP contribution in [-0.4, -0.2) is 24.8 Å². The molecule has 1 fully saturated rings. The average molecular weight is 236 g/mol. The van der Waals surface area contributed by atoms with Gasteiger partial charge in [-0.2, -0.15) is 0 Å². The van der Waals surface area contributed by atoms with E-state index in [4.69, 9.17) is 15.2 Å². The molecule has 0 bridgehead atoms. The first kappa shape index (κ1) is 12.3. The Kier molecular flexibility index (Phi) is 4.34. The molecule has 1 atom stereocenters. The number of nitrogens with two attached hydrogens (primary N) is 1. The predicted molar refractivity (Wildman–Crippen MR) is 65.9 cm³/mol. The molecule has 4 heteroatoms. The van der Waals surface area contributed by atoms with Crippen molar-refractivity contribution in [2.24, 2.45) is 11.7 Å². The molecule has 1 aromatic heterocycles. The third kappa shape index (κ3) is 3.68. The van der Waals surface area contributed by atoms with Gasteiger partial charge in [0.25, 0.3) is 0 Å². The maximum Gasteiger partial charge on any atom is 0.213 e. The standard InChI is InChI=1S/C13H20N2O2/c1-10(14)12-2-5-15-13(8-12)17-9-11-3-6-16-7-4-11/h2,5,8,10-11H,3-4,6-7,9,14H2,1H3. The van der Waals surface area contributed by atoms with Crippen molar-refractivity contribution in [2.75, 3.05) is 19.8 Å². The van der Waals surface area contributed by atoms with Crippen LogP contribution >= 0.6 is 0 Å². The Morgan fingerprint density at radius 3 is 3.00 bits per heavy atom. The van der Waals surface area contributed by atoms with Crippen molar-refractivity contribution < 1.29 is 9.47 Å². The van der Waals surface area contributed by atoms with Crippen LogP contribution in [0.3, 0.4) is 0 Å². The molecule has 0 saturated carbocycles. The lowest BCUT2D eigenvalue weighted by molar-refractivity contribution is 0.0490. The van der Waals surface area contributed by atoms with Gasteiger partial charge < -0.3 is 15.2 Å². The topological polar surface area (TPSA) is 57.4 Å². The zero-order valence-corrected chi connectivity index (χ0v) is 10.3. The molecule has 2 rings (SSSR count). The lowest BCUT2D eigenvalue weighted by atomic mass is 10.0. The first-order valence-electron chi connectivity index (χ1n) is 6.18. The van der Waals surface area contributed by atoms with Gasteiger partial charge >= 0.3 is 0 Å². The van der Waals surface area contributed by atoms with E-state index >= 15 is 0 Å². The molecule has 0 aromatic carbocycles. The Balaban J connectivity index is 1.87. The van der Waals surface area contributed by atoms with Gasteiger partial charge in [0.05, 0.1) is 6.61 Å². The van der Waals surface area contributed by atoms with Gasteiger partial charge in [-0.3, -0.25) is 0 Å². The summed E-state index contributed by atoms with van der Waals surface area (Å²) in [6.07, 6.45) is 3.90. The van der Waals surface area contributed by atoms with E-state index in [2.05, 4.69) is 4.98 Å². The molecule has 1 aromatic rings. The Morgan fingerprint density at radius 2 is 2.29 bits per heavy atom. The van der Waals surface area contributed by atoms with E-state index in [1.807, 2.05) is 19.1 Å². The number of aromatic nitrogens is 1. The summed E-state index contributed by atoms with van der Waals surface area (Å²) >= 11 is 0. The number of ether oxygens (including phenoxy) is 2. The second-order valence-electron chi connectivity index (χ2n) is 4.58. The van der Waals surface area contributed by atoms with Gasteiger partial charge in [0.2, 0.25) is 5.88 Å². The molecule has 2 N–H and O–H groups in total. The summed E-state index contributed by atoms with van der Waals surface area (Å²) in [5, 5.41) is 0. The van der Waals surface area contributed by atoms with Crippen molar-refractivity contribution in [2.45, 2.75) is 25.8 Å². The highest BCUT2D eigenvalue weighted by molar-refractivity contribution is 5.22. The molecule has 2 heterocycles. The van der Waals surface area contributed by atoms with Crippen LogP contribution in [-0.2, 0) is 4.74 Å². The fourth-order valence-corrected chi connectivity index (χ4v) is 1.90. The number of hydrogen-bond acceptors (Lipinski definition) is 4. The molecular formula is C13H20N2O2. The molecule has 1 aliphatic heterocycles. The van der Waals surface area contributed by atoms with E-state index in [9.17, 15) is 0 Å². The van der Waals surface area contributed by atoms with Crippen LogP contribution in [0.4, 0.5) is 0 Å². The van der Waals surface area contributed by atoms with Crippen molar-refractivity contribution in [3.05, 3.63) is 23.9 Å². The average Bonchev–Trinajstić information content (AvgIpc) is 2.38. The summed E-state index contributed by atoms with van der Waals surface area (Å²) in [7, 11) is 0. The highest BCUT2D eigenvalue weighted by atomic mass is 16.5. The fourth-order valence-electron chi connectivity index (χ4n) is 1.90. The van der Waals surface area contributed by atoms with Gasteiger partial charge in [-0.1, -0.05) is 0 Å². The third-order valence-corrected chi connectivity index (χ3v) is 3.09. The molecule has 94 valence electrons. The third-order valence-electron chi connectivity index (χ3n) is 3.09. The molecule has 17 heavy (non-hydrogen) atoms. The molecule has 0 amide bonds. The maximum atomic E-state index is 5.82. The predicted octanol–water partition coefficient (Wildman–Crippen LogP) is 1.91. The normalized spacial score (nSPS) is 18.9. The smallest absolute Gasteiger partial charge is 0.213 e. The van der Waals surface area contributed by atoms with Crippen LogP contribution in [0.25, 0.3) is 0 Å². The maximum absolute atomic E-state index is 5.82. The second-order valence-corrected chi connectivity index (χ2v) is 4.58. The van der Waals surface area contributed by atoms with Gasteiger partial charge in [0.1, 0.15) is 0 Å². The van der Waals surface area contributed by atoms with Crippen molar-refractivity contribution in [1.29, 1.82) is 0 Å². The van der Waals surface area contributed by atoms with E-state index in [1.165, 1.54) is 0 Å². The fraction of sp³-hybridized carbons (Fsp3) is 0.615. The van der Waals surface area contributed by atoms with Crippen molar-refractivity contribution in [3.8, 4) is 5.88 Å². The van der Waals surface area contributed by atoms with Crippen LogP contribution in [0.15, 0.2) is 18.3 Å². The molecule has 0 radical (unpaired) electrons. The monoisotopic (exact) mass is 236 g/mol. The Labute approximate surface area is 102 Å². The Bertz CT molecular complexity index is 349. The molecule has 1 unspecified atom stereocenters. The molecular weight excluding hydrogens is 216 g/mol. The van der Waals surface area contributed by atoms with E-state index in [1.54, 1.807) is 6.20 Å². The molecule has 1 saturated heterocycles. The summed E-state index contributed by atoms with van der Waals surface area (Å²) < 4.78 is 11.0. The number of hydrogen-bond donors (Lipinski definition) is 1. The minimum atomic E-state index is 0.0171. The van der Waals surface area contributed by atoms with Crippen LogP contribution in [0, 0.1) is 5.92 Å². The van der Waals surface area contributed by atoms with E-state index < -0.39 is 0 Å². The van der Waals surface area contributed by atoms with E-state index in [0.717, 1.165) is 38.2 Å². The summed E-state index contributed by atoms with van der Waals surface area (Å²) in [5.74, 6) is 1.26. The highest BCUT2D eigenvalue weighted by Crippen LogP contribution is 2.18. The molecule has 0 aliphatic carbocycles. The minimum Gasteiger partial charge on any atom is -0.477 e. The van der Waals surface area contributed by atoms with Crippen LogP contribution in [0.5, 0.6) is 5.88 Å². The molecule has 4 nitrogen and oxygen atoms in total. The highest BCUT2D eigenvalue weighted by Gasteiger charge is 2.14. The van der Waals surface area contributed by atoms with Crippen LogP contribution in [0.2, 0.25) is 0 Å². The van der Waals surface area contributed by atoms with Gasteiger partial charge in [-0.15, -0.1) is 0 Å². The first-order valence-corrected chi connectivity index (χ1v) is 6.18. The van der Waals surface area contributed by atoms with Gasteiger partial charge in [-0.05, 0) is 37.3 Å². The quantitative estimate of drug-likeness (QED) is 0.867. The summed E-state index contributed by atoms with van der Waals surface area (Å²) in [6, 6.07) is 3.86. The van der Waals surface area contributed by atoms with Crippen LogP contribution < -0.4 is 10.5 Å². The molecule has 1 aliphatic rings. The summed E-state index contributed by atoms with van der Waals surface area (Å²) in [4.78, 5) is 4.20. The van der Waals surface area contributed by atoms with Crippen molar-refractivity contribution in [3.63, 3.8) is 0 Å². The second kappa shape index (κ2) is 5.98. The van der Waals surface area contributed by atoms with Gasteiger partial charge in [-0.25, -0.2) is 4.98 Å². The van der Waals surface area contributed by atoms with Crippen molar-refractivity contribution in [1.82, 2.24) is 4.98 Å². The Hall–Kier alpha value is -1.13. The lowest BCUT2D eigenvalue weighted by Gasteiger charge is -2.21. The summed E-state index contributed by atoms with van der Waals surface area (Å²) in [6.45, 7) is 4.37. The number of nitrogens with zero attached hydrogens (tertiary/aromatic N) is 1. The van der Waals surface area contributed by atoms with Crippen molar-refractivity contribution >= 4 is 0 Å². The number of rotatable bonds is 4. The largest absolute Gasteiger partial charge is 0.477 e. The van der Waals surface area contributed by atoms with Gasteiger partial charge in [0, 0.05) is 31.5 Å². The Morgan fingerprint density at radius 1 is 1.53 bits per heavy atom. The van der Waals surface area contributed by atoms with E-state index in [-0.39, 0.29) is 6.04 Å². The zero-order valence-electron chi connectivity index (χ0n) is 10.3. The minimum absolute atomic E-state index is 0.0171. The SMILES string of the molecule is CC(N)c1ccnc(OCC2CCOCC2)c1. The summed E-state index contributed by atoms with van der Waals surface area (Å²) in [5.41, 5.74) is 6.88. The molecule has 0 spiro atoms. The van der Waals surface area contributed by atoms with Gasteiger partial charge in [0.15, 0.2) is 0 Å². The van der Waals surface area contributed by atoms with E-state index in [0.29, 0.717) is 11.8 Å². The van der Waals surface area contributed by atoms with Crippen LogP contribution in [0.1, 0.15) is 31.4 Å².